The van der Waals surface area contributed by atoms with E-state index in [9.17, 15) is 4.79 Å². The molecule has 5 nitrogen and oxygen atoms in total. The number of benzene rings is 2. The van der Waals surface area contributed by atoms with Crippen molar-refractivity contribution in [3.63, 3.8) is 0 Å². The zero-order valence-corrected chi connectivity index (χ0v) is 16.2. The first kappa shape index (κ1) is 20.6. The van der Waals surface area contributed by atoms with Crippen molar-refractivity contribution < 1.29 is 19.0 Å². The smallest absolute Gasteiger partial charge is 0.262 e. The fourth-order valence-corrected chi connectivity index (χ4v) is 2.58. The van der Waals surface area contributed by atoms with Gasteiger partial charge in [0.05, 0.1) is 13.7 Å². The van der Waals surface area contributed by atoms with Crippen molar-refractivity contribution in [2.45, 2.75) is 39.0 Å². The molecule has 0 saturated carbocycles. The van der Waals surface area contributed by atoms with Crippen LogP contribution in [0.25, 0.3) is 0 Å². The van der Waals surface area contributed by atoms with Crippen LogP contribution < -0.4 is 19.5 Å². The third-order valence-electron chi connectivity index (χ3n) is 4.06. The van der Waals surface area contributed by atoms with Crippen molar-refractivity contribution in [2.75, 3.05) is 25.6 Å². The lowest BCUT2D eigenvalue weighted by molar-refractivity contribution is -0.118. The predicted molar refractivity (Wildman–Crippen MR) is 108 cm³/mol. The van der Waals surface area contributed by atoms with Crippen LogP contribution >= 0.6 is 0 Å². The Balaban J connectivity index is 1.73. The Morgan fingerprint density at radius 1 is 0.889 bits per heavy atom. The average molecular weight is 371 g/mol. The zero-order valence-electron chi connectivity index (χ0n) is 16.2. The van der Waals surface area contributed by atoms with Gasteiger partial charge in [-0.05, 0) is 42.8 Å². The van der Waals surface area contributed by atoms with Gasteiger partial charge < -0.3 is 19.5 Å². The number of hydrogen-bond donors (Lipinski definition) is 1. The third-order valence-corrected chi connectivity index (χ3v) is 4.06. The summed E-state index contributed by atoms with van der Waals surface area (Å²) in [6.07, 6.45) is 6.01. The topological polar surface area (TPSA) is 56.8 Å². The lowest BCUT2D eigenvalue weighted by Crippen LogP contribution is -2.20. The van der Waals surface area contributed by atoms with Crippen molar-refractivity contribution >= 4 is 11.6 Å². The highest BCUT2D eigenvalue weighted by molar-refractivity contribution is 5.92. The van der Waals surface area contributed by atoms with Crippen molar-refractivity contribution in [2.24, 2.45) is 0 Å². The minimum Gasteiger partial charge on any atom is -0.497 e. The van der Waals surface area contributed by atoms with Gasteiger partial charge in [-0.25, -0.2) is 0 Å². The molecular weight excluding hydrogens is 342 g/mol. The van der Waals surface area contributed by atoms with E-state index in [0.717, 1.165) is 17.9 Å². The van der Waals surface area contributed by atoms with Gasteiger partial charge in [0.1, 0.15) is 17.2 Å². The predicted octanol–water partition coefficient (Wildman–Crippen LogP) is 5.06. The number of hydrogen-bond acceptors (Lipinski definition) is 4. The zero-order chi connectivity index (χ0) is 19.3. The molecule has 2 aromatic carbocycles. The Morgan fingerprint density at radius 2 is 1.63 bits per heavy atom. The van der Waals surface area contributed by atoms with Gasteiger partial charge >= 0.3 is 0 Å². The van der Waals surface area contributed by atoms with E-state index < -0.39 is 0 Å². The first-order valence-electron chi connectivity index (χ1n) is 9.51. The molecular formula is C22H29NO4. The Kier molecular flexibility index (Phi) is 9.04. The summed E-state index contributed by atoms with van der Waals surface area (Å²) in [5.74, 6) is 1.90. The minimum atomic E-state index is -0.220. The maximum Gasteiger partial charge on any atom is 0.262 e. The standard InChI is InChI=1S/C22H29NO4/c1-3-4-5-6-7-15-26-21-10-8-9-18(16-21)23-22(24)17-27-20-13-11-19(25-2)12-14-20/h8-14,16H,3-7,15,17H2,1-2H3,(H,23,24). The Labute approximate surface area is 161 Å². The highest BCUT2D eigenvalue weighted by atomic mass is 16.5. The van der Waals surface area contributed by atoms with Crippen molar-refractivity contribution in [3.8, 4) is 17.2 Å². The van der Waals surface area contributed by atoms with Crippen LogP contribution in [-0.2, 0) is 4.79 Å². The molecule has 0 aromatic heterocycles. The number of methoxy groups -OCH3 is 1. The number of anilines is 1. The molecule has 146 valence electrons. The summed E-state index contributed by atoms with van der Waals surface area (Å²) < 4.78 is 16.3. The highest BCUT2D eigenvalue weighted by Gasteiger charge is 2.05. The molecule has 0 aliphatic carbocycles. The van der Waals surface area contributed by atoms with E-state index in [0.29, 0.717) is 18.0 Å². The van der Waals surface area contributed by atoms with Gasteiger partial charge in [0.2, 0.25) is 0 Å². The summed E-state index contributed by atoms with van der Waals surface area (Å²) in [5.41, 5.74) is 0.696. The number of ether oxygens (including phenoxy) is 3. The lowest BCUT2D eigenvalue weighted by atomic mass is 10.2. The number of rotatable bonds is 12. The summed E-state index contributed by atoms with van der Waals surface area (Å²) in [4.78, 5) is 12.1. The second-order valence-corrected chi connectivity index (χ2v) is 6.30. The Morgan fingerprint density at radius 3 is 2.37 bits per heavy atom. The SMILES string of the molecule is CCCCCCCOc1cccc(NC(=O)COc2ccc(OC)cc2)c1. The molecule has 0 saturated heterocycles. The monoisotopic (exact) mass is 371 g/mol. The number of unbranched alkanes of at least 4 members (excludes halogenated alkanes) is 4. The molecule has 5 heteroatoms. The van der Waals surface area contributed by atoms with E-state index in [4.69, 9.17) is 14.2 Å². The molecule has 0 unspecified atom stereocenters. The van der Waals surface area contributed by atoms with Gasteiger partial charge in [-0.2, -0.15) is 0 Å². The fraction of sp³-hybridized carbons (Fsp3) is 0.409. The summed E-state index contributed by atoms with van der Waals surface area (Å²) in [7, 11) is 1.60. The van der Waals surface area contributed by atoms with Crippen LogP contribution in [0.1, 0.15) is 39.0 Å². The summed E-state index contributed by atoms with van der Waals surface area (Å²) >= 11 is 0. The minimum absolute atomic E-state index is 0.0607. The molecule has 27 heavy (non-hydrogen) atoms. The number of nitrogens with one attached hydrogen (secondary N) is 1. The van der Waals surface area contributed by atoms with Crippen LogP contribution in [0, 0.1) is 0 Å². The summed E-state index contributed by atoms with van der Waals surface area (Å²) in [5, 5.41) is 2.82. The van der Waals surface area contributed by atoms with Gasteiger partial charge in [-0.3, -0.25) is 4.79 Å². The molecule has 0 heterocycles. The van der Waals surface area contributed by atoms with Crippen LogP contribution in [0.2, 0.25) is 0 Å². The van der Waals surface area contributed by atoms with E-state index >= 15 is 0 Å². The Hall–Kier alpha value is -2.69. The molecule has 2 aromatic rings. The lowest BCUT2D eigenvalue weighted by Gasteiger charge is -2.10. The average Bonchev–Trinajstić information content (AvgIpc) is 2.70. The molecule has 1 amide bonds. The second kappa shape index (κ2) is 11.8. The van der Waals surface area contributed by atoms with E-state index in [1.807, 2.05) is 24.3 Å². The maximum absolute atomic E-state index is 12.1. The summed E-state index contributed by atoms with van der Waals surface area (Å²) in [6.45, 7) is 2.84. The maximum atomic E-state index is 12.1. The molecule has 0 radical (unpaired) electrons. The first-order valence-corrected chi connectivity index (χ1v) is 9.51. The fourth-order valence-electron chi connectivity index (χ4n) is 2.58. The van der Waals surface area contributed by atoms with Gasteiger partial charge in [-0.1, -0.05) is 38.7 Å². The first-order chi connectivity index (χ1) is 13.2. The van der Waals surface area contributed by atoms with E-state index in [2.05, 4.69) is 12.2 Å². The molecule has 0 bridgehead atoms. The number of carbonyl (C=O) groups is 1. The van der Waals surface area contributed by atoms with E-state index in [1.165, 1.54) is 25.7 Å². The van der Waals surface area contributed by atoms with Gasteiger partial charge in [-0.15, -0.1) is 0 Å². The molecule has 0 fully saturated rings. The van der Waals surface area contributed by atoms with Crippen molar-refractivity contribution in [1.82, 2.24) is 0 Å². The van der Waals surface area contributed by atoms with E-state index in [-0.39, 0.29) is 12.5 Å². The van der Waals surface area contributed by atoms with Gasteiger partial charge in [0.25, 0.3) is 5.91 Å². The Bertz CT molecular complexity index is 685. The van der Waals surface area contributed by atoms with Crippen molar-refractivity contribution in [1.29, 1.82) is 0 Å². The van der Waals surface area contributed by atoms with Gasteiger partial charge in [0, 0.05) is 11.8 Å². The second-order valence-electron chi connectivity index (χ2n) is 6.30. The third kappa shape index (κ3) is 8.03. The molecule has 0 atom stereocenters. The van der Waals surface area contributed by atoms with Crippen LogP contribution in [0.3, 0.4) is 0 Å². The van der Waals surface area contributed by atoms with Gasteiger partial charge in [0.15, 0.2) is 6.61 Å². The molecule has 2 rings (SSSR count). The van der Waals surface area contributed by atoms with Crippen LogP contribution in [0.5, 0.6) is 17.2 Å². The molecule has 0 spiro atoms. The largest absolute Gasteiger partial charge is 0.497 e. The number of amides is 1. The molecule has 0 aliphatic heterocycles. The number of carbonyl (C=O) groups excluding carboxylic acids is 1. The normalized spacial score (nSPS) is 10.3. The van der Waals surface area contributed by atoms with E-state index in [1.54, 1.807) is 31.4 Å². The van der Waals surface area contributed by atoms with Crippen LogP contribution in [0.4, 0.5) is 5.69 Å². The van der Waals surface area contributed by atoms with Crippen molar-refractivity contribution in [3.05, 3.63) is 48.5 Å². The van der Waals surface area contributed by atoms with Crippen LogP contribution in [0.15, 0.2) is 48.5 Å². The van der Waals surface area contributed by atoms with Crippen LogP contribution in [-0.4, -0.2) is 26.2 Å². The molecule has 1 N–H and O–H groups in total. The highest BCUT2D eigenvalue weighted by Crippen LogP contribution is 2.19. The molecule has 0 aliphatic rings. The summed E-state index contributed by atoms with van der Waals surface area (Å²) in [6, 6.07) is 14.5. The quantitative estimate of drug-likeness (QED) is 0.530.